The van der Waals surface area contributed by atoms with E-state index in [0.717, 1.165) is 0 Å². The summed E-state index contributed by atoms with van der Waals surface area (Å²) in [6, 6.07) is 0. The first-order chi connectivity index (χ1) is 5.25. The van der Waals surface area contributed by atoms with Crippen molar-refractivity contribution in [3.63, 3.8) is 0 Å². The summed E-state index contributed by atoms with van der Waals surface area (Å²) in [5.74, 6) is -0.288. The number of carbonyl (C=O) groups is 1. The molecule has 1 atom stereocenters. The molecule has 3 heteroatoms. The van der Waals surface area contributed by atoms with E-state index in [1.54, 1.807) is 13.8 Å². The summed E-state index contributed by atoms with van der Waals surface area (Å²) >= 11 is 0. The van der Waals surface area contributed by atoms with Crippen LogP contribution < -0.4 is 5.32 Å². The monoisotopic (exact) mass is 173 g/mol. The van der Waals surface area contributed by atoms with Crippen LogP contribution in [0.5, 0.6) is 0 Å². The molecule has 0 aromatic heterocycles. The van der Waals surface area contributed by atoms with E-state index in [1.807, 2.05) is 13.8 Å². The Morgan fingerprint density at radius 3 is 2.33 bits per heavy atom. The van der Waals surface area contributed by atoms with Gasteiger partial charge in [0.15, 0.2) is 12.0 Å². The second-order valence-corrected chi connectivity index (χ2v) is 4.74. The summed E-state index contributed by atoms with van der Waals surface area (Å²) < 4.78 is 13.3. The van der Waals surface area contributed by atoms with Crippen molar-refractivity contribution < 1.29 is 9.18 Å². The van der Waals surface area contributed by atoms with Gasteiger partial charge in [0.1, 0.15) is 0 Å². The van der Waals surface area contributed by atoms with E-state index in [-0.39, 0.29) is 17.7 Å². The van der Waals surface area contributed by atoms with Crippen LogP contribution in [0, 0.1) is 0 Å². The second-order valence-electron chi connectivity index (χ2n) is 4.74. The van der Waals surface area contributed by atoms with Gasteiger partial charge in [-0.15, -0.1) is 0 Å². The number of piperidine rings is 1. The Bertz CT molecular complexity index is 211. The zero-order chi connectivity index (χ0) is 9.57. The number of carbonyl (C=O) groups excluding carboxylic acids is 1. The van der Waals surface area contributed by atoms with Crippen molar-refractivity contribution in [2.24, 2.45) is 0 Å². The molecule has 0 radical (unpaired) electrons. The standard InChI is InChI=1S/C9H16FNO/c1-8(2)5-6(12)7(10)9(3,4)11-8/h7,11H,5H2,1-4H3. The van der Waals surface area contributed by atoms with Crippen LogP contribution in [0.4, 0.5) is 4.39 Å². The van der Waals surface area contributed by atoms with Gasteiger partial charge in [-0.25, -0.2) is 4.39 Å². The van der Waals surface area contributed by atoms with Gasteiger partial charge in [-0.05, 0) is 27.7 Å². The smallest absolute Gasteiger partial charge is 0.176 e. The highest BCUT2D eigenvalue weighted by Gasteiger charge is 2.45. The van der Waals surface area contributed by atoms with E-state index in [0.29, 0.717) is 0 Å². The maximum atomic E-state index is 13.3. The van der Waals surface area contributed by atoms with Gasteiger partial charge < -0.3 is 5.32 Å². The molecule has 1 unspecified atom stereocenters. The summed E-state index contributed by atoms with van der Waals surface area (Å²) in [6.45, 7) is 7.27. The van der Waals surface area contributed by atoms with Gasteiger partial charge in [0, 0.05) is 12.0 Å². The molecule has 0 bridgehead atoms. The first-order valence-corrected chi connectivity index (χ1v) is 4.21. The summed E-state index contributed by atoms with van der Waals surface area (Å²) in [5, 5.41) is 3.12. The molecule has 12 heavy (non-hydrogen) atoms. The number of rotatable bonds is 0. The van der Waals surface area contributed by atoms with E-state index in [4.69, 9.17) is 0 Å². The van der Waals surface area contributed by atoms with Crippen LogP contribution in [0.1, 0.15) is 34.1 Å². The Kier molecular flexibility index (Phi) is 2.03. The van der Waals surface area contributed by atoms with Gasteiger partial charge in [-0.2, -0.15) is 0 Å². The molecule has 0 saturated carbocycles. The number of Topliss-reactive ketones (excluding diaryl/α,β-unsaturated/α-hetero) is 1. The molecule has 2 nitrogen and oxygen atoms in total. The minimum absolute atomic E-state index is 0.275. The van der Waals surface area contributed by atoms with E-state index in [9.17, 15) is 9.18 Å². The normalized spacial score (nSPS) is 33.4. The average molecular weight is 173 g/mol. The van der Waals surface area contributed by atoms with Crippen molar-refractivity contribution in [2.45, 2.75) is 51.4 Å². The van der Waals surface area contributed by atoms with Gasteiger partial charge >= 0.3 is 0 Å². The summed E-state index contributed by atoms with van der Waals surface area (Å²) in [6.07, 6.45) is -1.09. The molecule has 0 aromatic carbocycles. The fourth-order valence-corrected chi connectivity index (χ4v) is 1.91. The average Bonchev–Trinajstić information content (AvgIpc) is 1.79. The fraction of sp³-hybridized carbons (Fsp3) is 0.889. The van der Waals surface area contributed by atoms with E-state index in [2.05, 4.69) is 5.32 Å². The molecule has 1 fully saturated rings. The van der Waals surface area contributed by atoms with Crippen LogP contribution in [0.2, 0.25) is 0 Å². The first kappa shape index (κ1) is 9.65. The highest BCUT2D eigenvalue weighted by molar-refractivity contribution is 5.86. The van der Waals surface area contributed by atoms with Crippen molar-refractivity contribution in [3.8, 4) is 0 Å². The molecule has 70 valence electrons. The number of nitrogens with one attached hydrogen (secondary N) is 1. The maximum Gasteiger partial charge on any atom is 0.176 e. The topological polar surface area (TPSA) is 29.1 Å². The van der Waals surface area contributed by atoms with E-state index < -0.39 is 11.7 Å². The van der Waals surface area contributed by atoms with Gasteiger partial charge in [0.2, 0.25) is 0 Å². The van der Waals surface area contributed by atoms with Crippen LogP contribution in [-0.4, -0.2) is 23.0 Å². The van der Waals surface area contributed by atoms with Crippen LogP contribution in [-0.2, 0) is 4.79 Å². The Morgan fingerprint density at radius 1 is 1.42 bits per heavy atom. The quantitative estimate of drug-likeness (QED) is 0.600. The first-order valence-electron chi connectivity index (χ1n) is 4.21. The molecule has 0 aliphatic carbocycles. The van der Waals surface area contributed by atoms with Crippen LogP contribution >= 0.6 is 0 Å². The number of halogens is 1. The van der Waals surface area contributed by atoms with E-state index in [1.165, 1.54) is 0 Å². The molecule has 0 spiro atoms. The highest BCUT2D eigenvalue weighted by Crippen LogP contribution is 2.27. The Hall–Kier alpha value is -0.440. The van der Waals surface area contributed by atoms with Gasteiger partial charge in [-0.1, -0.05) is 0 Å². The van der Waals surface area contributed by atoms with Gasteiger partial charge in [-0.3, -0.25) is 4.79 Å². The lowest BCUT2D eigenvalue weighted by molar-refractivity contribution is -0.131. The summed E-state index contributed by atoms with van der Waals surface area (Å²) in [5.41, 5.74) is -0.998. The minimum Gasteiger partial charge on any atom is -0.303 e. The third-order valence-electron chi connectivity index (χ3n) is 2.19. The molecule has 1 N–H and O–H groups in total. The van der Waals surface area contributed by atoms with Crippen molar-refractivity contribution >= 4 is 5.78 Å². The number of alkyl halides is 1. The number of ketones is 1. The molecule has 0 amide bonds. The third-order valence-corrected chi connectivity index (χ3v) is 2.19. The zero-order valence-corrected chi connectivity index (χ0v) is 8.07. The lowest BCUT2D eigenvalue weighted by Crippen LogP contribution is -2.64. The Morgan fingerprint density at radius 2 is 1.92 bits per heavy atom. The SMILES string of the molecule is CC1(C)CC(=O)C(F)C(C)(C)N1. The predicted molar refractivity (Wildman–Crippen MR) is 45.8 cm³/mol. The van der Waals surface area contributed by atoms with Crippen molar-refractivity contribution in [1.29, 1.82) is 0 Å². The highest BCUT2D eigenvalue weighted by atomic mass is 19.1. The van der Waals surface area contributed by atoms with Gasteiger partial charge in [0.05, 0.1) is 5.54 Å². The Labute approximate surface area is 72.5 Å². The van der Waals surface area contributed by atoms with Crippen LogP contribution in [0.3, 0.4) is 0 Å². The summed E-state index contributed by atoms with van der Waals surface area (Å²) in [7, 11) is 0. The maximum absolute atomic E-state index is 13.3. The van der Waals surface area contributed by atoms with Crippen LogP contribution in [0.25, 0.3) is 0 Å². The molecule has 1 saturated heterocycles. The molecular weight excluding hydrogens is 157 g/mol. The lowest BCUT2D eigenvalue weighted by atomic mass is 9.80. The number of hydrogen-bond donors (Lipinski definition) is 1. The minimum atomic E-state index is -1.37. The largest absolute Gasteiger partial charge is 0.303 e. The predicted octanol–water partition coefficient (Wildman–Crippen LogP) is 1.44. The fourth-order valence-electron chi connectivity index (χ4n) is 1.91. The van der Waals surface area contributed by atoms with Crippen molar-refractivity contribution in [3.05, 3.63) is 0 Å². The molecule has 1 aliphatic rings. The second kappa shape index (κ2) is 2.52. The number of hydrogen-bond acceptors (Lipinski definition) is 2. The molecule has 1 aliphatic heterocycles. The van der Waals surface area contributed by atoms with Gasteiger partial charge in [0.25, 0.3) is 0 Å². The zero-order valence-electron chi connectivity index (χ0n) is 8.07. The summed E-state index contributed by atoms with van der Waals surface area (Å²) in [4.78, 5) is 11.2. The van der Waals surface area contributed by atoms with Crippen molar-refractivity contribution in [1.82, 2.24) is 5.32 Å². The van der Waals surface area contributed by atoms with Crippen LogP contribution in [0.15, 0.2) is 0 Å². The third kappa shape index (κ3) is 1.66. The lowest BCUT2D eigenvalue weighted by Gasteiger charge is -2.43. The molecule has 1 heterocycles. The molecule has 0 aromatic rings. The molecular formula is C9H16FNO. The van der Waals surface area contributed by atoms with E-state index >= 15 is 0 Å². The Balaban J connectivity index is 2.87. The molecule has 1 rings (SSSR count). The van der Waals surface area contributed by atoms with Crippen molar-refractivity contribution in [2.75, 3.05) is 0 Å².